The van der Waals surface area contributed by atoms with Gasteiger partial charge in [0.25, 0.3) is 0 Å². The molecule has 0 spiro atoms. The monoisotopic (exact) mass is 438 g/mol. The molecule has 28 heavy (non-hydrogen) atoms. The summed E-state index contributed by atoms with van der Waals surface area (Å²) in [6.07, 6.45) is 5.97. The number of fused-ring (bicyclic) bond motifs is 1. The number of hydrogen-bond donors (Lipinski definition) is 1. The highest BCUT2D eigenvalue weighted by molar-refractivity contribution is 9.10. The van der Waals surface area contributed by atoms with Gasteiger partial charge in [-0.15, -0.1) is 5.10 Å². The van der Waals surface area contributed by atoms with Crippen molar-refractivity contribution in [1.29, 1.82) is 0 Å². The SMILES string of the molecule is C=C(C=C(C)C)Nc1nc(N2CCCC2c2ccccn2)nn2c(Br)ccc12. The first kappa shape index (κ1) is 18.7. The molecule has 1 aliphatic heterocycles. The highest BCUT2D eigenvalue weighted by Gasteiger charge is 2.30. The van der Waals surface area contributed by atoms with E-state index >= 15 is 0 Å². The minimum atomic E-state index is 0.182. The van der Waals surface area contributed by atoms with E-state index in [4.69, 9.17) is 10.1 Å². The summed E-state index contributed by atoms with van der Waals surface area (Å²) in [5.74, 6) is 1.43. The number of halogens is 1. The highest BCUT2D eigenvalue weighted by atomic mass is 79.9. The molecule has 1 N–H and O–H groups in total. The third-order valence-electron chi connectivity index (χ3n) is 4.73. The van der Waals surface area contributed by atoms with Crippen LogP contribution in [0.3, 0.4) is 0 Å². The van der Waals surface area contributed by atoms with Crippen LogP contribution in [0.25, 0.3) is 5.52 Å². The Morgan fingerprint density at radius 2 is 2.14 bits per heavy atom. The van der Waals surface area contributed by atoms with Gasteiger partial charge in [-0.25, -0.2) is 4.52 Å². The van der Waals surface area contributed by atoms with E-state index in [2.05, 4.69) is 43.8 Å². The topological polar surface area (TPSA) is 58.4 Å². The molecule has 1 unspecified atom stereocenters. The Kier molecular flexibility index (Phi) is 5.17. The molecule has 1 atom stereocenters. The number of nitrogens with zero attached hydrogens (tertiary/aromatic N) is 5. The Labute approximate surface area is 173 Å². The van der Waals surface area contributed by atoms with Gasteiger partial charge >= 0.3 is 0 Å². The fourth-order valence-corrected chi connectivity index (χ4v) is 3.99. The summed E-state index contributed by atoms with van der Waals surface area (Å²) in [6, 6.07) is 10.2. The molecule has 1 fully saturated rings. The number of rotatable bonds is 5. The Bertz CT molecular complexity index is 1040. The lowest BCUT2D eigenvalue weighted by molar-refractivity contribution is 0.669. The van der Waals surface area contributed by atoms with Gasteiger partial charge in [-0.1, -0.05) is 18.2 Å². The van der Waals surface area contributed by atoms with Crippen molar-refractivity contribution >= 4 is 33.2 Å². The van der Waals surface area contributed by atoms with Crippen molar-refractivity contribution in [2.75, 3.05) is 16.8 Å². The fourth-order valence-electron chi connectivity index (χ4n) is 3.59. The summed E-state index contributed by atoms with van der Waals surface area (Å²) in [7, 11) is 0. The fraction of sp³-hybridized carbons (Fsp3) is 0.286. The zero-order valence-corrected chi connectivity index (χ0v) is 17.6. The largest absolute Gasteiger partial charge is 0.339 e. The van der Waals surface area contributed by atoms with Crippen molar-refractivity contribution in [3.05, 3.63) is 70.8 Å². The van der Waals surface area contributed by atoms with Crippen molar-refractivity contribution < 1.29 is 0 Å². The predicted octanol–water partition coefficient (Wildman–Crippen LogP) is 5.12. The van der Waals surface area contributed by atoms with Gasteiger partial charge in [0, 0.05) is 18.4 Å². The van der Waals surface area contributed by atoms with Crippen LogP contribution >= 0.6 is 15.9 Å². The van der Waals surface area contributed by atoms with Gasteiger partial charge in [0.1, 0.15) is 10.1 Å². The first-order valence-electron chi connectivity index (χ1n) is 9.36. The molecule has 144 valence electrons. The molecule has 1 saturated heterocycles. The summed E-state index contributed by atoms with van der Waals surface area (Å²) in [5.41, 5.74) is 3.92. The van der Waals surface area contributed by atoms with Gasteiger partial charge in [-0.2, -0.15) is 4.98 Å². The van der Waals surface area contributed by atoms with Crippen LogP contribution in [0.1, 0.15) is 38.4 Å². The molecule has 0 aliphatic carbocycles. The lowest BCUT2D eigenvalue weighted by Gasteiger charge is -2.25. The molecule has 0 bridgehead atoms. The highest BCUT2D eigenvalue weighted by Crippen LogP contribution is 2.34. The van der Waals surface area contributed by atoms with Gasteiger partial charge in [0.15, 0.2) is 5.82 Å². The van der Waals surface area contributed by atoms with Crippen LogP contribution in [0.15, 0.2) is 65.1 Å². The molecule has 3 aromatic rings. The van der Waals surface area contributed by atoms with E-state index in [0.29, 0.717) is 5.95 Å². The molecule has 0 radical (unpaired) electrons. The van der Waals surface area contributed by atoms with E-state index in [1.165, 1.54) is 5.57 Å². The number of aromatic nitrogens is 4. The van der Waals surface area contributed by atoms with Gasteiger partial charge in [0.05, 0.1) is 11.7 Å². The average molecular weight is 439 g/mol. The zero-order valence-electron chi connectivity index (χ0n) is 16.1. The first-order chi connectivity index (χ1) is 13.5. The normalized spacial score (nSPS) is 16.4. The average Bonchev–Trinajstić information content (AvgIpc) is 3.29. The lowest BCUT2D eigenvalue weighted by Crippen LogP contribution is -2.26. The van der Waals surface area contributed by atoms with Crippen LogP contribution < -0.4 is 10.2 Å². The van der Waals surface area contributed by atoms with Crippen molar-refractivity contribution in [2.45, 2.75) is 32.7 Å². The number of nitrogens with one attached hydrogen (secondary N) is 1. The van der Waals surface area contributed by atoms with Crippen LogP contribution in [0, 0.1) is 0 Å². The molecule has 0 amide bonds. The molecular weight excluding hydrogens is 416 g/mol. The Hall–Kier alpha value is -2.67. The van der Waals surface area contributed by atoms with E-state index in [-0.39, 0.29) is 6.04 Å². The summed E-state index contributed by atoms with van der Waals surface area (Å²) < 4.78 is 2.75. The number of hydrogen-bond acceptors (Lipinski definition) is 5. The lowest BCUT2D eigenvalue weighted by atomic mass is 10.1. The molecule has 6 nitrogen and oxygen atoms in total. The van der Waals surface area contributed by atoms with Crippen molar-refractivity contribution in [3.63, 3.8) is 0 Å². The summed E-state index contributed by atoms with van der Waals surface area (Å²) in [5, 5.41) is 8.14. The molecule has 0 saturated carbocycles. The van der Waals surface area contributed by atoms with Gasteiger partial charge < -0.3 is 10.2 Å². The van der Waals surface area contributed by atoms with Crippen LogP contribution in [-0.2, 0) is 0 Å². The zero-order chi connectivity index (χ0) is 19.7. The van der Waals surface area contributed by atoms with E-state index < -0.39 is 0 Å². The van der Waals surface area contributed by atoms with Gasteiger partial charge in [-0.3, -0.25) is 4.98 Å². The minimum absolute atomic E-state index is 0.182. The quantitative estimate of drug-likeness (QED) is 0.560. The summed E-state index contributed by atoms with van der Waals surface area (Å²) in [6.45, 7) is 9.09. The second kappa shape index (κ2) is 7.75. The Morgan fingerprint density at radius 1 is 1.29 bits per heavy atom. The second-order valence-electron chi connectivity index (χ2n) is 7.19. The van der Waals surface area contributed by atoms with E-state index in [9.17, 15) is 0 Å². The second-order valence-corrected chi connectivity index (χ2v) is 8.00. The summed E-state index contributed by atoms with van der Waals surface area (Å²) >= 11 is 3.59. The van der Waals surface area contributed by atoms with E-state index in [1.54, 1.807) is 0 Å². The van der Waals surface area contributed by atoms with E-state index in [0.717, 1.165) is 46.7 Å². The molecule has 0 aromatic carbocycles. The maximum Gasteiger partial charge on any atom is 0.246 e. The van der Waals surface area contributed by atoms with E-state index in [1.807, 2.05) is 54.9 Å². The van der Waals surface area contributed by atoms with Gasteiger partial charge in [0.2, 0.25) is 5.95 Å². The third kappa shape index (κ3) is 3.67. The number of anilines is 2. The van der Waals surface area contributed by atoms with Crippen molar-refractivity contribution in [2.24, 2.45) is 0 Å². The molecule has 3 aromatic heterocycles. The first-order valence-corrected chi connectivity index (χ1v) is 10.2. The van der Waals surface area contributed by atoms with Crippen LogP contribution in [0.4, 0.5) is 11.8 Å². The Balaban J connectivity index is 1.76. The molecule has 4 heterocycles. The van der Waals surface area contributed by atoms with Crippen LogP contribution in [-0.4, -0.2) is 26.1 Å². The number of pyridine rings is 1. The van der Waals surface area contributed by atoms with Gasteiger partial charge in [-0.05, 0) is 73.0 Å². The minimum Gasteiger partial charge on any atom is -0.339 e. The maximum absolute atomic E-state index is 4.86. The smallest absolute Gasteiger partial charge is 0.246 e. The number of allylic oxidation sites excluding steroid dienone is 2. The van der Waals surface area contributed by atoms with Crippen LogP contribution in [0.5, 0.6) is 0 Å². The summed E-state index contributed by atoms with van der Waals surface area (Å²) in [4.78, 5) is 11.7. The maximum atomic E-state index is 4.86. The molecule has 4 rings (SSSR count). The molecular formula is C21H23BrN6. The predicted molar refractivity (Wildman–Crippen MR) is 116 cm³/mol. The molecule has 7 heteroatoms. The standard InChI is InChI=1S/C21H23BrN6/c1-14(2)13-15(3)24-20-18-9-10-19(22)28(18)26-21(25-20)27-12-6-8-17(27)16-7-4-5-11-23-16/h4-5,7,9-11,13,17H,3,6,8,12H2,1-2H3,(H,24,25,26). The molecule has 1 aliphatic rings. The van der Waals surface area contributed by atoms with Crippen LogP contribution in [0.2, 0.25) is 0 Å². The Morgan fingerprint density at radius 3 is 2.89 bits per heavy atom. The van der Waals surface area contributed by atoms with Crippen molar-refractivity contribution in [3.8, 4) is 0 Å². The third-order valence-corrected chi connectivity index (χ3v) is 5.33. The van der Waals surface area contributed by atoms with Crippen molar-refractivity contribution in [1.82, 2.24) is 19.6 Å².